The first kappa shape index (κ1) is 20.2. The van der Waals surface area contributed by atoms with Crippen LogP contribution in [0.15, 0.2) is 30.3 Å². The molecule has 1 aromatic carbocycles. The van der Waals surface area contributed by atoms with Crippen molar-refractivity contribution in [3.8, 4) is 0 Å². The van der Waals surface area contributed by atoms with Gasteiger partial charge in [-0.15, -0.1) is 0 Å². The van der Waals surface area contributed by atoms with E-state index in [0.29, 0.717) is 13.1 Å². The summed E-state index contributed by atoms with van der Waals surface area (Å²) < 4.78 is 0. The largest absolute Gasteiger partial charge is 0.480 e. The number of rotatable bonds is 10. The number of carbonyl (C=O) groups is 2. The Morgan fingerprint density at radius 3 is 2.54 bits per heavy atom. The van der Waals surface area contributed by atoms with Crippen molar-refractivity contribution in [3.63, 3.8) is 0 Å². The predicted octanol–water partition coefficient (Wildman–Crippen LogP) is 1.36. The Balaban J connectivity index is 1.58. The van der Waals surface area contributed by atoms with E-state index in [1.807, 2.05) is 37.1 Å². The summed E-state index contributed by atoms with van der Waals surface area (Å²) in [5.41, 5.74) is 1.25. The van der Waals surface area contributed by atoms with Gasteiger partial charge in [0.05, 0.1) is 6.54 Å². The first-order chi connectivity index (χ1) is 12.5. The van der Waals surface area contributed by atoms with Crippen molar-refractivity contribution in [3.05, 3.63) is 35.9 Å². The fraction of sp³-hybridized carbons (Fsp3) is 0.579. The number of hydrogen-bond donors (Lipinski definition) is 3. The number of carbonyl (C=O) groups excluding carboxylic acids is 1. The third kappa shape index (κ3) is 6.65. The molecule has 0 spiro atoms. The lowest BCUT2D eigenvalue weighted by Gasteiger charge is -2.42. The van der Waals surface area contributed by atoms with Crippen LogP contribution in [0.25, 0.3) is 0 Å². The predicted molar refractivity (Wildman–Crippen MR) is 101 cm³/mol. The van der Waals surface area contributed by atoms with E-state index in [0.717, 1.165) is 25.9 Å². The van der Waals surface area contributed by atoms with Crippen LogP contribution in [0.5, 0.6) is 0 Å². The van der Waals surface area contributed by atoms with E-state index in [1.54, 1.807) is 0 Å². The number of benzene rings is 1. The van der Waals surface area contributed by atoms with Crippen LogP contribution in [0.1, 0.15) is 25.3 Å². The summed E-state index contributed by atoms with van der Waals surface area (Å²) in [6, 6.07) is 10.5. The lowest BCUT2D eigenvalue weighted by atomic mass is 9.85. The second-order valence-electron chi connectivity index (χ2n) is 6.90. The Hall–Kier alpha value is -2.12. The molecule has 1 saturated carbocycles. The molecule has 1 aromatic rings. The van der Waals surface area contributed by atoms with Gasteiger partial charge in [0.2, 0.25) is 0 Å². The SMILES string of the molecule is CCN(CC(=O)O)C1CC(NC(=O)NCCN(C)Cc2ccccc2)C1. The van der Waals surface area contributed by atoms with Gasteiger partial charge in [-0.05, 0) is 32.0 Å². The van der Waals surface area contributed by atoms with Crippen molar-refractivity contribution in [1.82, 2.24) is 20.4 Å². The molecule has 1 aliphatic carbocycles. The van der Waals surface area contributed by atoms with Crippen LogP contribution in [-0.2, 0) is 11.3 Å². The number of urea groups is 1. The van der Waals surface area contributed by atoms with Gasteiger partial charge in [-0.25, -0.2) is 4.79 Å². The molecule has 0 unspecified atom stereocenters. The molecular weight excluding hydrogens is 332 g/mol. The minimum absolute atomic E-state index is 0.0633. The van der Waals surface area contributed by atoms with Crippen molar-refractivity contribution < 1.29 is 14.7 Å². The zero-order chi connectivity index (χ0) is 18.9. The highest BCUT2D eigenvalue weighted by atomic mass is 16.4. The van der Waals surface area contributed by atoms with Gasteiger partial charge in [0.1, 0.15) is 0 Å². The molecule has 0 radical (unpaired) electrons. The fourth-order valence-electron chi connectivity index (χ4n) is 3.25. The first-order valence-electron chi connectivity index (χ1n) is 9.20. The molecular formula is C19H30N4O3. The minimum Gasteiger partial charge on any atom is -0.480 e. The monoisotopic (exact) mass is 362 g/mol. The molecule has 2 rings (SSSR count). The molecule has 1 aliphatic rings. The zero-order valence-electron chi connectivity index (χ0n) is 15.6. The number of carboxylic acids is 1. The van der Waals surface area contributed by atoms with E-state index in [1.165, 1.54) is 5.56 Å². The molecule has 2 amide bonds. The number of hydrogen-bond acceptors (Lipinski definition) is 4. The highest BCUT2D eigenvalue weighted by Crippen LogP contribution is 2.25. The fourth-order valence-corrected chi connectivity index (χ4v) is 3.25. The standard InChI is InChI=1S/C19H30N4O3/c1-3-23(14-18(24)25)17-11-16(12-17)21-19(26)20-9-10-22(2)13-15-7-5-4-6-8-15/h4-8,16-17H,3,9-14H2,1-2H3,(H,24,25)(H2,20,21,26). The lowest BCUT2D eigenvalue weighted by molar-refractivity contribution is -0.139. The molecule has 0 aromatic heterocycles. The summed E-state index contributed by atoms with van der Waals surface area (Å²) in [5.74, 6) is -0.805. The maximum absolute atomic E-state index is 12.0. The Bertz CT molecular complexity index is 575. The van der Waals surface area contributed by atoms with Crippen LogP contribution in [0.3, 0.4) is 0 Å². The van der Waals surface area contributed by atoms with Gasteiger partial charge < -0.3 is 20.6 Å². The Morgan fingerprint density at radius 1 is 1.23 bits per heavy atom. The van der Waals surface area contributed by atoms with E-state index >= 15 is 0 Å². The van der Waals surface area contributed by atoms with Gasteiger partial charge in [0.15, 0.2) is 0 Å². The van der Waals surface area contributed by atoms with Crippen LogP contribution in [-0.4, -0.2) is 72.2 Å². The van der Waals surface area contributed by atoms with Crippen molar-refractivity contribution in [2.75, 3.05) is 33.2 Å². The maximum Gasteiger partial charge on any atom is 0.317 e. The molecule has 0 atom stereocenters. The second kappa shape index (κ2) is 10.1. The maximum atomic E-state index is 12.0. The molecule has 7 nitrogen and oxygen atoms in total. The van der Waals surface area contributed by atoms with Gasteiger partial charge in [-0.1, -0.05) is 37.3 Å². The molecule has 0 heterocycles. The number of amides is 2. The van der Waals surface area contributed by atoms with Gasteiger partial charge in [0, 0.05) is 31.7 Å². The van der Waals surface area contributed by atoms with Gasteiger partial charge in [0.25, 0.3) is 0 Å². The lowest BCUT2D eigenvalue weighted by Crippen LogP contribution is -2.56. The Kier molecular flexibility index (Phi) is 7.87. The van der Waals surface area contributed by atoms with Crippen molar-refractivity contribution in [1.29, 1.82) is 0 Å². The zero-order valence-corrected chi connectivity index (χ0v) is 15.6. The third-order valence-electron chi connectivity index (χ3n) is 4.78. The molecule has 0 saturated heterocycles. The van der Waals surface area contributed by atoms with Gasteiger partial charge >= 0.3 is 12.0 Å². The Labute approximate surface area is 155 Å². The number of nitrogens with zero attached hydrogens (tertiary/aromatic N) is 2. The van der Waals surface area contributed by atoms with Crippen molar-refractivity contribution >= 4 is 12.0 Å². The normalized spacial score (nSPS) is 19.2. The summed E-state index contributed by atoms with van der Waals surface area (Å²) in [6.45, 7) is 4.95. The number of nitrogens with one attached hydrogen (secondary N) is 2. The molecule has 1 fully saturated rings. The quantitative estimate of drug-likeness (QED) is 0.585. The van der Waals surface area contributed by atoms with Crippen LogP contribution < -0.4 is 10.6 Å². The van der Waals surface area contributed by atoms with Crippen molar-refractivity contribution in [2.24, 2.45) is 0 Å². The number of aliphatic carboxylic acids is 1. The summed E-state index contributed by atoms with van der Waals surface area (Å²) in [7, 11) is 2.03. The van der Waals surface area contributed by atoms with Crippen LogP contribution in [0.2, 0.25) is 0 Å². The number of carboxylic acid groups (broad SMARTS) is 1. The molecule has 0 aliphatic heterocycles. The topological polar surface area (TPSA) is 84.9 Å². The van der Waals surface area contributed by atoms with E-state index in [4.69, 9.17) is 5.11 Å². The number of likely N-dealkylation sites (N-methyl/N-ethyl adjacent to an activating group) is 2. The summed E-state index contributed by atoms with van der Waals surface area (Å²) in [5, 5.41) is 14.8. The van der Waals surface area contributed by atoms with Gasteiger partial charge in [-0.2, -0.15) is 0 Å². The van der Waals surface area contributed by atoms with E-state index in [-0.39, 0.29) is 24.7 Å². The van der Waals surface area contributed by atoms with Crippen LogP contribution in [0, 0.1) is 0 Å². The summed E-state index contributed by atoms with van der Waals surface area (Å²) in [6.07, 6.45) is 1.62. The second-order valence-corrected chi connectivity index (χ2v) is 6.90. The summed E-state index contributed by atoms with van der Waals surface area (Å²) >= 11 is 0. The molecule has 0 bridgehead atoms. The molecule has 3 N–H and O–H groups in total. The van der Waals surface area contributed by atoms with Gasteiger partial charge in [-0.3, -0.25) is 9.69 Å². The van der Waals surface area contributed by atoms with Crippen molar-refractivity contribution in [2.45, 2.75) is 38.4 Å². The van der Waals surface area contributed by atoms with Crippen LogP contribution >= 0.6 is 0 Å². The molecule has 144 valence electrons. The third-order valence-corrected chi connectivity index (χ3v) is 4.78. The average molecular weight is 362 g/mol. The summed E-state index contributed by atoms with van der Waals surface area (Å²) in [4.78, 5) is 26.9. The first-order valence-corrected chi connectivity index (χ1v) is 9.20. The average Bonchev–Trinajstić information content (AvgIpc) is 2.56. The minimum atomic E-state index is -0.805. The highest BCUT2D eigenvalue weighted by Gasteiger charge is 2.34. The van der Waals surface area contributed by atoms with E-state index in [9.17, 15) is 9.59 Å². The van der Waals surface area contributed by atoms with E-state index in [2.05, 4.69) is 27.7 Å². The molecule has 7 heteroatoms. The van der Waals surface area contributed by atoms with E-state index < -0.39 is 5.97 Å². The smallest absolute Gasteiger partial charge is 0.317 e. The van der Waals surface area contributed by atoms with Crippen LogP contribution in [0.4, 0.5) is 4.79 Å². The molecule has 26 heavy (non-hydrogen) atoms. The highest BCUT2D eigenvalue weighted by molar-refractivity contribution is 5.74. The Morgan fingerprint density at radius 2 is 1.92 bits per heavy atom.